The minimum absolute atomic E-state index is 0.156. The number of fused-ring (bicyclic) bond motifs is 4. The van der Waals surface area contributed by atoms with E-state index in [2.05, 4.69) is 49.6 Å². The second kappa shape index (κ2) is 7.78. The molecule has 30 heavy (non-hydrogen) atoms. The normalized spacial score (nSPS) is 18.7. The Morgan fingerprint density at radius 3 is 2.67 bits per heavy atom. The van der Waals surface area contributed by atoms with Gasteiger partial charge in [0, 0.05) is 23.5 Å². The Hall–Kier alpha value is -2.24. The topological polar surface area (TPSA) is 38.1 Å². The largest absolute Gasteiger partial charge is 0.296 e. The number of thiophene rings is 1. The zero-order chi connectivity index (χ0) is 20.8. The summed E-state index contributed by atoms with van der Waals surface area (Å²) in [6.07, 6.45) is 6.72. The average molecular weight is 420 g/mol. The van der Waals surface area contributed by atoms with Crippen LogP contribution >= 0.6 is 11.3 Å². The Kier molecular flexibility index (Phi) is 5.11. The van der Waals surface area contributed by atoms with Crippen molar-refractivity contribution in [1.29, 1.82) is 0 Å². The van der Waals surface area contributed by atoms with Gasteiger partial charge in [-0.15, -0.1) is 11.3 Å². The lowest BCUT2D eigenvalue weighted by Crippen LogP contribution is -2.39. The molecule has 0 spiro atoms. The maximum absolute atomic E-state index is 13.5. The second-order valence-electron chi connectivity index (χ2n) is 8.89. The molecule has 1 aromatic carbocycles. The average Bonchev–Trinajstić information content (AvgIpc) is 3.32. The van der Waals surface area contributed by atoms with Gasteiger partial charge < -0.3 is 0 Å². The quantitative estimate of drug-likeness (QED) is 0.569. The maximum atomic E-state index is 13.5. The van der Waals surface area contributed by atoms with Gasteiger partial charge in [-0.1, -0.05) is 43.3 Å². The molecule has 2 aliphatic carbocycles. The maximum Gasteiger partial charge on any atom is 0.262 e. The highest BCUT2D eigenvalue weighted by atomic mass is 32.1. The minimum Gasteiger partial charge on any atom is -0.296 e. The van der Waals surface area contributed by atoms with E-state index in [1.165, 1.54) is 27.1 Å². The van der Waals surface area contributed by atoms with Crippen LogP contribution in [-0.4, -0.2) is 33.6 Å². The van der Waals surface area contributed by atoms with Gasteiger partial charge in [-0.25, -0.2) is 4.98 Å². The van der Waals surface area contributed by atoms with Crippen LogP contribution in [0.2, 0.25) is 0 Å². The van der Waals surface area contributed by atoms with Crippen molar-refractivity contribution in [2.75, 3.05) is 13.1 Å². The van der Waals surface area contributed by atoms with Crippen LogP contribution in [0.5, 0.6) is 0 Å². The summed E-state index contributed by atoms with van der Waals surface area (Å²) in [5, 5.41) is 0.884. The third kappa shape index (κ3) is 3.34. The predicted molar refractivity (Wildman–Crippen MR) is 125 cm³/mol. The van der Waals surface area contributed by atoms with Gasteiger partial charge in [0.2, 0.25) is 0 Å². The van der Waals surface area contributed by atoms with Crippen molar-refractivity contribution in [2.45, 2.75) is 58.0 Å². The number of aromatic nitrogens is 2. The summed E-state index contributed by atoms with van der Waals surface area (Å²) >= 11 is 1.73. The molecule has 3 aromatic rings. The van der Waals surface area contributed by atoms with Crippen LogP contribution < -0.4 is 5.56 Å². The number of hydrogen-bond acceptors (Lipinski definition) is 4. The number of aryl methyl sites for hydroxylation is 1. The van der Waals surface area contributed by atoms with Gasteiger partial charge in [0.15, 0.2) is 0 Å². The lowest BCUT2D eigenvalue weighted by Gasteiger charge is -2.33. The van der Waals surface area contributed by atoms with Gasteiger partial charge in [0.1, 0.15) is 4.83 Å². The van der Waals surface area contributed by atoms with E-state index in [9.17, 15) is 4.79 Å². The molecule has 2 heterocycles. The number of nitrogens with zero attached hydrogens (tertiary/aromatic N) is 3. The van der Waals surface area contributed by atoms with E-state index in [1.54, 1.807) is 17.7 Å². The SMILES string of the molecule is C=C(C)CN(CC)C1CCc2c(sc3ncn(C4Cc5ccccc5C4)c(=O)c23)C1. The van der Waals surface area contributed by atoms with Gasteiger partial charge in [0.25, 0.3) is 5.56 Å². The van der Waals surface area contributed by atoms with Crippen molar-refractivity contribution < 1.29 is 0 Å². The van der Waals surface area contributed by atoms with Crippen molar-refractivity contribution in [2.24, 2.45) is 0 Å². The summed E-state index contributed by atoms with van der Waals surface area (Å²) in [6, 6.07) is 9.26. The third-order valence-corrected chi connectivity index (χ3v) is 7.95. The molecule has 156 valence electrons. The molecular formula is C25H29N3OS. The number of benzene rings is 1. The van der Waals surface area contributed by atoms with Crippen molar-refractivity contribution in [1.82, 2.24) is 14.5 Å². The second-order valence-corrected chi connectivity index (χ2v) is 9.97. The highest BCUT2D eigenvalue weighted by Gasteiger charge is 2.30. The van der Waals surface area contributed by atoms with Crippen LogP contribution in [0.25, 0.3) is 10.2 Å². The first-order valence-corrected chi connectivity index (χ1v) is 11.8. The molecule has 5 rings (SSSR count). The highest BCUT2D eigenvalue weighted by Crippen LogP contribution is 2.36. The molecular weight excluding hydrogens is 390 g/mol. The van der Waals surface area contributed by atoms with Gasteiger partial charge in [-0.05, 0) is 62.3 Å². The van der Waals surface area contributed by atoms with E-state index in [-0.39, 0.29) is 11.6 Å². The summed E-state index contributed by atoms with van der Waals surface area (Å²) in [7, 11) is 0. The van der Waals surface area contributed by atoms with Crippen LogP contribution in [0.3, 0.4) is 0 Å². The molecule has 2 aliphatic rings. The van der Waals surface area contributed by atoms with Crippen molar-refractivity contribution in [3.05, 3.63) is 74.7 Å². The van der Waals surface area contributed by atoms with E-state index in [0.29, 0.717) is 6.04 Å². The third-order valence-electron chi connectivity index (χ3n) is 6.79. The van der Waals surface area contributed by atoms with E-state index >= 15 is 0 Å². The summed E-state index contributed by atoms with van der Waals surface area (Å²) in [5.41, 5.74) is 5.35. The molecule has 5 heteroatoms. The molecule has 0 saturated heterocycles. The van der Waals surface area contributed by atoms with Crippen molar-refractivity contribution >= 4 is 21.6 Å². The lowest BCUT2D eigenvalue weighted by molar-refractivity contribution is 0.206. The molecule has 0 bridgehead atoms. The van der Waals surface area contributed by atoms with Crippen molar-refractivity contribution in [3.8, 4) is 0 Å². The molecule has 1 unspecified atom stereocenters. The zero-order valence-corrected chi connectivity index (χ0v) is 18.7. The van der Waals surface area contributed by atoms with Crippen LogP contribution in [-0.2, 0) is 25.7 Å². The highest BCUT2D eigenvalue weighted by molar-refractivity contribution is 7.18. The van der Waals surface area contributed by atoms with Gasteiger partial charge >= 0.3 is 0 Å². The number of hydrogen-bond donors (Lipinski definition) is 0. The molecule has 4 nitrogen and oxygen atoms in total. The van der Waals surface area contributed by atoms with Crippen LogP contribution in [0, 0.1) is 0 Å². The Morgan fingerprint density at radius 1 is 1.27 bits per heavy atom. The van der Waals surface area contributed by atoms with E-state index in [1.807, 2.05) is 4.57 Å². The summed E-state index contributed by atoms with van der Waals surface area (Å²) in [6.45, 7) is 10.4. The standard InChI is InChI=1S/C25H29N3OS/c1-4-27(14-16(2)3)19-9-10-21-22(13-19)30-24-23(21)25(29)28(15-26-24)20-11-17-7-5-6-8-18(17)12-20/h5-8,15,19-20H,2,4,9-14H2,1,3H3. The predicted octanol–water partition coefficient (Wildman–Crippen LogP) is 4.55. The first-order chi connectivity index (χ1) is 14.5. The van der Waals surface area contributed by atoms with Crippen LogP contribution in [0.15, 0.2) is 47.5 Å². The van der Waals surface area contributed by atoms with Gasteiger partial charge in [-0.3, -0.25) is 14.3 Å². The fourth-order valence-electron chi connectivity index (χ4n) is 5.31. The summed E-state index contributed by atoms with van der Waals surface area (Å²) in [5.74, 6) is 0. The number of likely N-dealkylation sites (N-methyl/N-ethyl adjacent to an activating group) is 1. The van der Waals surface area contributed by atoms with Crippen molar-refractivity contribution in [3.63, 3.8) is 0 Å². The van der Waals surface area contributed by atoms with E-state index < -0.39 is 0 Å². The minimum atomic E-state index is 0.156. The smallest absolute Gasteiger partial charge is 0.262 e. The van der Waals surface area contributed by atoms with E-state index in [0.717, 1.165) is 55.4 Å². The van der Waals surface area contributed by atoms with Crippen LogP contribution in [0.4, 0.5) is 0 Å². The summed E-state index contributed by atoms with van der Waals surface area (Å²) in [4.78, 5) is 23.1. The molecule has 0 saturated carbocycles. The molecule has 0 aliphatic heterocycles. The monoisotopic (exact) mass is 419 g/mol. The molecule has 1 atom stereocenters. The fourth-order valence-corrected chi connectivity index (χ4v) is 6.56. The lowest BCUT2D eigenvalue weighted by atomic mass is 9.91. The molecule has 0 fully saturated rings. The molecule has 2 aromatic heterocycles. The first-order valence-electron chi connectivity index (χ1n) is 11.0. The molecule has 0 N–H and O–H groups in total. The number of rotatable bonds is 5. The van der Waals surface area contributed by atoms with Crippen LogP contribution in [0.1, 0.15) is 47.9 Å². The zero-order valence-electron chi connectivity index (χ0n) is 17.9. The Labute approximate surface area is 181 Å². The Bertz CT molecular complexity index is 1150. The van der Waals surface area contributed by atoms with Gasteiger partial charge in [-0.2, -0.15) is 0 Å². The Balaban J connectivity index is 1.47. The molecule has 0 radical (unpaired) electrons. The fraction of sp³-hybridized carbons (Fsp3) is 0.440. The molecule has 0 amide bonds. The summed E-state index contributed by atoms with van der Waals surface area (Å²) < 4.78 is 1.90. The van der Waals surface area contributed by atoms with Gasteiger partial charge in [0.05, 0.1) is 11.7 Å². The Morgan fingerprint density at radius 2 is 2.00 bits per heavy atom. The van der Waals surface area contributed by atoms with E-state index in [4.69, 9.17) is 4.98 Å². The first kappa shape index (κ1) is 19.7.